The number of aromatic nitrogens is 2. The maximum Gasteiger partial charge on any atom is 0.243 e. The van der Waals surface area contributed by atoms with Crippen molar-refractivity contribution in [3.63, 3.8) is 0 Å². The van der Waals surface area contributed by atoms with Crippen LogP contribution in [0, 0.1) is 0 Å². The molecule has 0 aliphatic carbocycles. The number of anilines is 1. The van der Waals surface area contributed by atoms with E-state index >= 15 is 0 Å². The summed E-state index contributed by atoms with van der Waals surface area (Å²) >= 11 is 7.36. The molecule has 2 aromatic heterocycles. The lowest BCUT2D eigenvalue weighted by Crippen LogP contribution is -2.40. The van der Waals surface area contributed by atoms with Crippen LogP contribution in [-0.4, -0.2) is 25.4 Å². The molecule has 0 radical (unpaired) electrons. The Labute approximate surface area is 132 Å². The lowest BCUT2D eigenvalue weighted by Gasteiger charge is -2.23. The molecule has 2 aromatic rings. The topological polar surface area (TPSA) is 84.0 Å². The second-order valence-electron chi connectivity index (χ2n) is 4.82. The van der Waals surface area contributed by atoms with E-state index in [0.29, 0.717) is 10.8 Å². The highest BCUT2D eigenvalue weighted by molar-refractivity contribution is 7.89. The molecule has 0 unspecified atom stereocenters. The van der Waals surface area contributed by atoms with Crippen LogP contribution in [0.2, 0.25) is 5.02 Å². The van der Waals surface area contributed by atoms with Crippen molar-refractivity contribution in [3.8, 4) is 0 Å². The number of nitrogens with one attached hydrogen (secondary N) is 2. The molecule has 0 aromatic carbocycles. The molecule has 2 heterocycles. The highest BCUT2D eigenvalue weighted by Crippen LogP contribution is 2.26. The van der Waals surface area contributed by atoms with Gasteiger partial charge in [-0.05, 0) is 19.9 Å². The van der Waals surface area contributed by atoms with Crippen molar-refractivity contribution >= 4 is 38.8 Å². The van der Waals surface area contributed by atoms with Crippen LogP contribution in [0.5, 0.6) is 0 Å². The molecule has 2 N–H and O–H groups in total. The smallest absolute Gasteiger partial charge is 0.243 e. The van der Waals surface area contributed by atoms with Crippen LogP contribution in [0.15, 0.2) is 28.7 Å². The van der Waals surface area contributed by atoms with Crippen molar-refractivity contribution in [2.75, 3.05) is 12.4 Å². The van der Waals surface area contributed by atoms with E-state index in [-0.39, 0.29) is 9.92 Å². The SMILES string of the molecule is CNc1ncc(S(=O)(=O)NC(C)(C)c2nccs2)cc1Cl. The Morgan fingerprint density at radius 2 is 2.05 bits per heavy atom. The molecule has 0 aliphatic heterocycles. The third-order valence-corrected chi connectivity index (χ3v) is 5.73. The Bertz CT molecular complexity index is 730. The molecule has 0 aliphatic rings. The standard InChI is InChI=1S/C12H15ClN4O2S2/c1-12(2,11-15-4-5-20-11)17-21(18,19)8-6-9(13)10(14-3)16-7-8/h4-7,17H,1-3H3,(H,14,16). The van der Waals surface area contributed by atoms with E-state index in [1.54, 1.807) is 32.5 Å². The van der Waals surface area contributed by atoms with Gasteiger partial charge in [0.1, 0.15) is 15.7 Å². The Kier molecular flexibility index (Phi) is 4.52. The van der Waals surface area contributed by atoms with Gasteiger partial charge in [-0.1, -0.05) is 11.6 Å². The fourth-order valence-corrected chi connectivity index (χ4v) is 4.18. The summed E-state index contributed by atoms with van der Waals surface area (Å²) in [5.74, 6) is 0.426. The van der Waals surface area contributed by atoms with Crippen LogP contribution in [-0.2, 0) is 15.6 Å². The Balaban J connectivity index is 2.32. The molecular weight excluding hydrogens is 332 g/mol. The second-order valence-corrected chi connectivity index (χ2v) is 7.80. The van der Waals surface area contributed by atoms with Crippen molar-refractivity contribution in [1.82, 2.24) is 14.7 Å². The zero-order chi connectivity index (χ0) is 15.7. The van der Waals surface area contributed by atoms with Crippen molar-refractivity contribution in [2.45, 2.75) is 24.3 Å². The molecule has 0 saturated heterocycles. The van der Waals surface area contributed by atoms with E-state index in [4.69, 9.17) is 11.6 Å². The minimum atomic E-state index is -3.75. The normalized spacial score (nSPS) is 12.4. The number of hydrogen-bond acceptors (Lipinski definition) is 6. The van der Waals surface area contributed by atoms with Crippen molar-refractivity contribution in [2.24, 2.45) is 0 Å². The average molecular weight is 347 g/mol. The first-order valence-electron chi connectivity index (χ1n) is 6.03. The van der Waals surface area contributed by atoms with Gasteiger partial charge in [0.15, 0.2) is 0 Å². The molecule has 6 nitrogen and oxygen atoms in total. The van der Waals surface area contributed by atoms with Crippen molar-refractivity contribution < 1.29 is 8.42 Å². The lowest BCUT2D eigenvalue weighted by atomic mass is 10.1. The summed E-state index contributed by atoms with van der Waals surface area (Å²) in [7, 11) is -2.09. The molecule has 0 bridgehead atoms. The monoisotopic (exact) mass is 346 g/mol. The summed E-state index contributed by atoms with van der Waals surface area (Å²) in [4.78, 5) is 8.14. The number of pyridine rings is 1. The third kappa shape index (κ3) is 3.52. The first kappa shape index (κ1) is 16.2. The number of nitrogens with zero attached hydrogens (tertiary/aromatic N) is 2. The largest absolute Gasteiger partial charge is 0.372 e. The summed E-state index contributed by atoms with van der Waals surface area (Å²) in [5.41, 5.74) is -0.818. The van der Waals surface area contributed by atoms with Gasteiger partial charge in [-0.15, -0.1) is 11.3 Å². The summed E-state index contributed by atoms with van der Waals surface area (Å²) in [6, 6.07) is 1.36. The second kappa shape index (κ2) is 5.88. The highest BCUT2D eigenvalue weighted by Gasteiger charge is 2.30. The quantitative estimate of drug-likeness (QED) is 0.868. The molecule has 2 rings (SSSR count). The molecular formula is C12H15ClN4O2S2. The van der Waals surface area contributed by atoms with E-state index in [0.717, 1.165) is 0 Å². The molecule has 0 fully saturated rings. The van der Waals surface area contributed by atoms with Crippen molar-refractivity contribution in [1.29, 1.82) is 0 Å². The highest BCUT2D eigenvalue weighted by atomic mass is 35.5. The molecule has 0 spiro atoms. The lowest BCUT2D eigenvalue weighted by molar-refractivity contribution is 0.469. The number of hydrogen-bond donors (Lipinski definition) is 2. The Morgan fingerprint density at radius 3 is 2.57 bits per heavy atom. The molecule has 0 saturated carbocycles. The van der Waals surface area contributed by atoms with Gasteiger partial charge in [-0.2, -0.15) is 4.72 Å². The molecule has 21 heavy (non-hydrogen) atoms. The van der Waals surface area contributed by atoms with Crippen LogP contribution in [0.1, 0.15) is 18.9 Å². The van der Waals surface area contributed by atoms with Gasteiger partial charge in [0.05, 0.1) is 10.6 Å². The van der Waals surface area contributed by atoms with Crippen LogP contribution >= 0.6 is 22.9 Å². The summed E-state index contributed by atoms with van der Waals surface area (Å²) < 4.78 is 27.5. The van der Waals surface area contributed by atoms with E-state index in [1.807, 2.05) is 0 Å². The summed E-state index contributed by atoms with van der Waals surface area (Å²) in [6.07, 6.45) is 2.90. The predicted octanol–water partition coefficient (Wildman–Crippen LogP) is 2.45. The van der Waals surface area contributed by atoms with Crippen LogP contribution in [0.25, 0.3) is 0 Å². The first-order chi connectivity index (χ1) is 9.76. The van der Waals surface area contributed by atoms with Gasteiger partial charge in [0.2, 0.25) is 10.0 Å². The van der Waals surface area contributed by atoms with Gasteiger partial charge in [0, 0.05) is 24.8 Å². The van der Waals surface area contributed by atoms with E-state index < -0.39 is 15.6 Å². The number of thiazole rings is 1. The Hall–Kier alpha value is -1.22. The number of rotatable bonds is 5. The van der Waals surface area contributed by atoms with Gasteiger partial charge < -0.3 is 5.32 Å². The zero-order valence-corrected chi connectivity index (χ0v) is 14.1. The minimum absolute atomic E-state index is 0.0103. The maximum atomic E-state index is 12.4. The third-order valence-electron chi connectivity index (χ3n) is 2.72. The maximum absolute atomic E-state index is 12.4. The van der Waals surface area contributed by atoms with E-state index in [1.165, 1.54) is 23.6 Å². The molecule has 0 atom stereocenters. The van der Waals surface area contributed by atoms with E-state index in [2.05, 4.69) is 20.0 Å². The summed E-state index contributed by atoms with van der Waals surface area (Å²) in [5, 5.41) is 5.50. The van der Waals surface area contributed by atoms with Crippen LogP contribution in [0.3, 0.4) is 0 Å². The molecule has 9 heteroatoms. The van der Waals surface area contributed by atoms with E-state index in [9.17, 15) is 8.42 Å². The van der Waals surface area contributed by atoms with Crippen LogP contribution in [0.4, 0.5) is 5.82 Å². The fourth-order valence-electron chi connectivity index (χ4n) is 1.72. The average Bonchev–Trinajstić information content (AvgIpc) is 2.92. The van der Waals surface area contributed by atoms with Gasteiger partial charge >= 0.3 is 0 Å². The van der Waals surface area contributed by atoms with Gasteiger partial charge in [-0.3, -0.25) is 0 Å². The summed E-state index contributed by atoms with van der Waals surface area (Å²) in [6.45, 7) is 3.50. The molecule has 114 valence electrons. The van der Waals surface area contributed by atoms with Crippen molar-refractivity contribution in [3.05, 3.63) is 33.9 Å². The van der Waals surface area contributed by atoms with Gasteiger partial charge in [0.25, 0.3) is 0 Å². The van der Waals surface area contributed by atoms with Crippen LogP contribution < -0.4 is 10.0 Å². The molecule has 0 amide bonds. The Morgan fingerprint density at radius 1 is 1.33 bits per heavy atom. The zero-order valence-electron chi connectivity index (χ0n) is 11.7. The number of sulfonamides is 1. The number of halogens is 1. The minimum Gasteiger partial charge on any atom is -0.372 e. The first-order valence-corrected chi connectivity index (χ1v) is 8.77. The fraction of sp³-hybridized carbons (Fsp3) is 0.333. The van der Waals surface area contributed by atoms with Gasteiger partial charge in [-0.25, -0.2) is 18.4 Å². The predicted molar refractivity (Wildman–Crippen MR) is 84.3 cm³/mol.